The Hall–Kier alpha value is -1.62. The van der Waals surface area contributed by atoms with E-state index in [0.29, 0.717) is 105 Å². The zero-order valence-corrected chi connectivity index (χ0v) is 26.3. The highest BCUT2D eigenvalue weighted by molar-refractivity contribution is 7.67. The van der Waals surface area contributed by atoms with Crippen molar-refractivity contribution in [1.82, 2.24) is 18.7 Å². The molecule has 0 amide bonds. The Morgan fingerprint density at radius 2 is 0.714 bits per heavy atom. The summed E-state index contributed by atoms with van der Waals surface area (Å²) in [5.74, 6) is 0. The molecule has 2 aromatic carbocycles. The lowest BCUT2D eigenvalue weighted by molar-refractivity contribution is 0.0538. The van der Waals surface area contributed by atoms with E-state index < -0.39 is 14.9 Å². The third-order valence-corrected chi connectivity index (χ3v) is 15.2. The van der Waals surface area contributed by atoms with Gasteiger partial charge in [0.05, 0.1) is 52.9 Å². The number of ether oxygens (including phenoxy) is 4. The van der Waals surface area contributed by atoms with E-state index in [2.05, 4.69) is 23.6 Å². The van der Waals surface area contributed by atoms with Gasteiger partial charge in [-0.3, -0.25) is 9.13 Å². The molecule has 4 heterocycles. The average Bonchev–Trinajstić information content (AvgIpc) is 3.09. The maximum atomic E-state index is 14.7. The monoisotopic (exact) mass is 619 g/mol. The van der Waals surface area contributed by atoms with Crippen molar-refractivity contribution in [2.24, 2.45) is 0 Å². The third-order valence-electron chi connectivity index (χ3n) is 8.63. The second kappa shape index (κ2) is 13.6. The number of rotatable bonds is 8. The van der Waals surface area contributed by atoms with Crippen LogP contribution in [0, 0.1) is 0 Å². The molecule has 0 N–H and O–H groups in total. The van der Waals surface area contributed by atoms with Crippen molar-refractivity contribution < 1.29 is 28.1 Å². The topological polar surface area (TPSA) is 87.3 Å². The van der Waals surface area contributed by atoms with Crippen LogP contribution in [-0.2, 0) is 28.1 Å². The Morgan fingerprint density at radius 1 is 0.476 bits per heavy atom. The number of hydrogen-bond acceptors (Lipinski definition) is 7. The molecule has 0 aliphatic carbocycles. The molecule has 4 saturated heterocycles. The van der Waals surface area contributed by atoms with E-state index in [1.54, 1.807) is 0 Å². The lowest BCUT2D eigenvalue weighted by Gasteiger charge is -2.42. The van der Waals surface area contributed by atoms with Crippen molar-refractivity contribution in [1.29, 1.82) is 0 Å². The van der Waals surface area contributed by atoms with E-state index in [9.17, 15) is 9.13 Å². The predicted molar refractivity (Wildman–Crippen MR) is 165 cm³/mol. The average molecular weight is 620 g/mol. The standard InChI is InChI=1S/C29H43N5O6P2/c1-30(26-2-6-28(7-3-26)41(35,31-10-18-37-19-11-31)32-12-20-38-21-13-32)27-4-8-29(9-5-27)42(36,33-14-22-39-23-15-33)34-16-24-40-25-17-34/h2-9H,10-25H2,1H3. The molecular formula is C29H43N5O6P2. The summed E-state index contributed by atoms with van der Waals surface area (Å²) in [6, 6.07) is 16.2. The van der Waals surface area contributed by atoms with Gasteiger partial charge in [0.1, 0.15) is 0 Å². The normalized spacial score (nSPS) is 22.7. The van der Waals surface area contributed by atoms with Gasteiger partial charge in [-0.2, -0.15) is 0 Å². The molecule has 0 unspecified atom stereocenters. The van der Waals surface area contributed by atoms with Crippen molar-refractivity contribution in [3.63, 3.8) is 0 Å². The van der Waals surface area contributed by atoms with Gasteiger partial charge in [0.2, 0.25) is 14.9 Å². The van der Waals surface area contributed by atoms with Gasteiger partial charge < -0.3 is 23.8 Å². The molecule has 230 valence electrons. The summed E-state index contributed by atoms with van der Waals surface area (Å²) >= 11 is 0. The van der Waals surface area contributed by atoms with Gasteiger partial charge >= 0.3 is 0 Å². The van der Waals surface area contributed by atoms with Gasteiger partial charge in [0.15, 0.2) is 0 Å². The Kier molecular flexibility index (Phi) is 9.83. The van der Waals surface area contributed by atoms with E-state index in [-0.39, 0.29) is 0 Å². The number of anilines is 2. The molecule has 13 heteroatoms. The van der Waals surface area contributed by atoms with Crippen molar-refractivity contribution in [2.45, 2.75) is 0 Å². The highest BCUT2D eigenvalue weighted by atomic mass is 31.2. The van der Waals surface area contributed by atoms with Crippen LogP contribution in [0.15, 0.2) is 48.5 Å². The van der Waals surface area contributed by atoms with E-state index in [0.717, 1.165) is 22.0 Å². The first kappa shape index (κ1) is 30.4. The van der Waals surface area contributed by atoms with E-state index in [4.69, 9.17) is 18.9 Å². The minimum atomic E-state index is -2.97. The molecular weight excluding hydrogens is 576 g/mol. The van der Waals surface area contributed by atoms with Gasteiger partial charge in [-0.25, -0.2) is 18.7 Å². The van der Waals surface area contributed by atoms with Crippen molar-refractivity contribution in [2.75, 3.05) is 117 Å². The molecule has 4 fully saturated rings. The lowest BCUT2D eigenvalue weighted by Crippen LogP contribution is -2.46. The highest BCUT2D eigenvalue weighted by Gasteiger charge is 2.41. The second-order valence-corrected chi connectivity index (χ2v) is 16.4. The third kappa shape index (κ3) is 6.02. The number of hydrogen-bond donors (Lipinski definition) is 0. The van der Waals surface area contributed by atoms with E-state index in [1.165, 1.54) is 0 Å². The summed E-state index contributed by atoms with van der Waals surface area (Å²) in [6.45, 7) is 9.97. The largest absolute Gasteiger partial charge is 0.379 e. The molecule has 0 bridgehead atoms. The van der Waals surface area contributed by atoms with Crippen LogP contribution in [0.1, 0.15) is 0 Å². The van der Waals surface area contributed by atoms with Crippen LogP contribution >= 0.6 is 14.9 Å². The summed E-state index contributed by atoms with van der Waals surface area (Å²) in [7, 11) is -3.91. The number of morpholine rings is 4. The molecule has 4 aliphatic heterocycles. The fraction of sp³-hybridized carbons (Fsp3) is 0.586. The molecule has 2 aromatic rings. The van der Waals surface area contributed by atoms with E-state index in [1.807, 2.05) is 55.6 Å². The summed E-state index contributed by atoms with van der Waals surface area (Å²) < 4.78 is 60.2. The summed E-state index contributed by atoms with van der Waals surface area (Å²) in [5, 5.41) is 1.69. The minimum absolute atomic E-state index is 0.592. The van der Waals surface area contributed by atoms with Crippen LogP contribution in [0.2, 0.25) is 0 Å². The molecule has 4 aliphatic rings. The predicted octanol–water partition coefficient (Wildman–Crippen LogP) is 2.42. The van der Waals surface area contributed by atoms with Crippen molar-refractivity contribution in [3.05, 3.63) is 48.5 Å². The Bertz CT molecular complexity index is 1120. The van der Waals surface area contributed by atoms with Crippen LogP contribution in [-0.4, -0.2) is 131 Å². The van der Waals surface area contributed by atoms with Gasteiger partial charge in [-0.05, 0) is 48.5 Å². The molecule has 42 heavy (non-hydrogen) atoms. The summed E-state index contributed by atoms with van der Waals surface area (Å²) in [6.07, 6.45) is 0. The summed E-state index contributed by atoms with van der Waals surface area (Å²) in [4.78, 5) is 2.11. The SMILES string of the molecule is CN(c1ccc(P(=O)(N2CCOCC2)N2CCOCC2)cc1)c1ccc(P(=O)(N2CCOCC2)N2CCOCC2)cc1. The number of benzene rings is 2. The molecule has 0 aromatic heterocycles. The first-order chi connectivity index (χ1) is 20.5. The lowest BCUT2D eigenvalue weighted by atomic mass is 10.2. The first-order valence-corrected chi connectivity index (χ1v) is 18.2. The molecule has 0 radical (unpaired) electrons. The smallest absolute Gasteiger partial charge is 0.246 e. The quantitative estimate of drug-likeness (QED) is 0.409. The highest BCUT2D eigenvalue weighted by Crippen LogP contribution is 2.54. The van der Waals surface area contributed by atoms with Crippen molar-refractivity contribution in [3.8, 4) is 0 Å². The molecule has 6 rings (SSSR count). The van der Waals surface area contributed by atoms with Gasteiger partial charge in [0.25, 0.3) is 0 Å². The maximum Gasteiger partial charge on any atom is 0.246 e. The number of nitrogens with zero attached hydrogens (tertiary/aromatic N) is 5. The molecule has 11 nitrogen and oxygen atoms in total. The fourth-order valence-electron chi connectivity index (χ4n) is 6.20. The maximum absolute atomic E-state index is 14.7. The van der Waals surface area contributed by atoms with Crippen LogP contribution in [0.5, 0.6) is 0 Å². The Labute approximate surface area is 249 Å². The van der Waals surface area contributed by atoms with Crippen LogP contribution in [0.4, 0.5) is 11.4 Å². The van der Waals surface area contributed by atoms with Crippen molar-refractivity contribution >= 4 is 36.9 Å². The summed E-state index contributed by atoms with van der Waals surface area (Å²) in [5.41, 5.74) is 1.98. The minimum Gasteiger partial charge on any atom is -0.379 e. The van der Waals surface area contributed by atoms with Crippen LogP contribution in [0.25, 0.3) is 0 Å². The zero-order chi connectivity index (χ0) is 29.0. The Morgan fingerprint density at radius 3 is 0.952 bits per heavy atom. The van der Waals surface area contributed by atoms with Gasteiger partial charge in [0, 0.05) is 81.4 Å². The molecule has 0 atom stereocenters. The fourth-order valence-corrected chi connectivity index (χ4v) is 12.1. The Balaban J connectivity index is 1.23. The zero-order valence-electron chi connectivity index (χ0n) is 24.5. The van der Waals surface area contributed by atoms with Crippen LogP contribution < -0.4 is 15.5 Å². The first-order valence-electron chi connectivity index (χ1n) is 15.0. The van der Waals surface area contributed by atoms with Gasteiger partial charge in [-0.1, -0.05) is 0 Å². The molecule has 0 saturated carbocycles. The second-order valence-electron chi connectivity index (χ2n) is 10.9. The molecule has 0 spiro atoms. The van der Waals surface area contributed by atoms with E-state index >= 15 is 0 Å². The van der Waals surface area contributed by atoms with Crippen LogP contribution in [0.3, 0.4) is 0 Å². The van der Waals surface area contributed by atoms with Gasteiger partial charge in [-0.15, -0.1) is 0 Å².